The van der Waals surface area contributed by atoms with E-state index in [1.165, 1.54) is 0 Å². The van der Waals surface area contributed by atoms with Gasteiger partial charge >= 0.3 is 0 Å². The van der Waals surface area contributed by atoms with E-state index in [0.29, 0.717) is 25.6 Å². The Morgan fingerprint density at radius 1 is 1.38 bits per heavy atom. The van der Waals surface area contributed by atoms with Gasteiger partial charge in [-0.2, -0.15) is 0 Å². The van der Waals surface area contributed by atoms with Crippen LogP contribution >= 0.6 is 0 Å². The van der Waals surface area contributed by atoms with Crippen molar-refractivity contribution in [2.75, 3.05) is 20.3 Å². The van der Waals surface area contributed by atoms with Crippen LogP contribution in [0.1, 0.15) is 17.8 Å². The van der Waals surface area contributed by atoms with Crippen LogP contribution in [0.2, 0.25) is 0 Å². The van der Waals surface area contributed by atoms with E-state index in [9.17, 15) is 0 Å². The van der Waals surface area contributed by atoms with Crippen LogP contribution < -0.4 is 0 Å². The summed E-state index contributed by atoms with van der Waals surface area (Å²) < 4.78 is 20.9. The predicted octanol–water partition coefficient (Wildman–Crippen LogP) is 1.47. The van der Waals surface area contributed by atoms with Crippen molar-refractivity contribution in [1.29, 1.82) is 0 Å². The summed E-state index contributed by atoms with van der Waals surface area (Å²) in [4.78, 5) is 0. The maximum Gasteiger partial charge on any atom is 0.217 e. The number of hydrogen-bond donors (Lipinski definition) is 0. The highest BCUT2D eigenvalue weighted by atomic mass is 16.7. The quantitative estimate of drug-likeness (QED) is 0.713. The zero-order valence-corrected chi connectivity index (χ0v) is 7.49. The van der Waals surface area contributed by atoms with Gasteiger partial charge in [-0.3, -0.25) is 0 Å². The molecule has 0 amide bonds. The van der Waals surface area contributed by atoms with Gasteiger partial charge in [0, 0.05) is 7.11 Å². The number of rotatable bonds is 3. The smallest absolute Gasteiger partial charge is 0.217 e. The Kier molecular flexibility index (Phi) is 2.63. The van der Waals surface area contributed by atoms with Crippen molar-refractivity contribution in [2.24, 2.45) is 0 Å². The van der Waals surface area contributed by atoms with Crippen LogP contribution in [-0.2, 0) is 20.8 Å². The Morgan fingerprint density at radius 3 is 2.85 bits per heavy atom. The van der Waals surface area contributed by atoms with Gasteiger partial charge in [-0.1, -0.05) is 0 Å². The maximum absolute atomic E-state index is 5.43. The lowest BCUT2D eigenvalue weighted by Crippen LogP contribution is -1.95. The van der Waals surface area contributed by atoms with Gasteiger partial charge in [0.1, 0.15) is 12.4 Å². The molecule has 1 aromatic heterocycles. The molecule has 1 aromatic rings. The molecule has 0 aromatic carbocycles. The summed E-state index contributed by atoms with van der Waals surface area (Å²) >= 11 is 0. The molecule has 2 heterocycles. The van der Waals surface area contributed by atoms with E-state index in [0.717, 1.165) is 5.76 Å². The third kappa shape index (κ3) is 1.91. The number of hydrogen-bond acceptors (Lipinski definition) is 4. The molecule has 1 aliphatic heterocycles. The Bertz CT molecular complexity index is 262. The molecule has 0 spiro atoms. The van der Waals surface area contributed by atoms with E-state index in [1.54, 1.807) is 7.11 Å². The number of ether oxygens (including phenoxy) is 3. The van der Waals surface area contributed by atoms with E-state index in [2.05, 4.69) is 0 Å². The lowest BCUT2D eigenvalue weighted by molar-refractivity contribution is -0.0600. The summed E-state index contributed by atoms with van der Waals surface area (Å²) in [7, 11) is 1.63. The molecule has 4 heteroatoms. The van der Waals surface area contributed by atoms with Crippen molar-refractivity contribution in [3.05, 3.63) is 23.7 Å². The summed E-state index contributed by atoms with van der Waals surface area (Å²) in [5.41, 5.74) is 0. The van der Waals surface area contributed by atoms with Crippen molar-refractivity contribution < 1.29 is 18.6 Å². The van der Waals surface area contributed by atoms with Crippen LogP contribution in [0.4, 0.5) is 0 Å². The van der Waals surface area contributed by atoms with Gasteiger partial charge < -0.3 is 18.6 Å². The minimum Gasteiger partial charge on any atom is -0.458 e. The van der Waals surface area contributed by atoms with Crippen LogP contribution in [-0.4, -0.2) is 20.3 Å². The maximum atomic E-state index is 5.43. The van der Waals surface area contributed by atoms with Gasteiger partial charge in [0.25, 0.3) is 0 Å². The summed E-state index contributed by atoms with van der Waals surface area (Å²) in [6.45, 7) is 1.74. The molecule has 13 heavy (non-hydrogen) atoms. The fourth-order valence-corrected chi connectivity index (χ4v) is 1.26. The first kappa shape index (κ1) is 8.74. The number of furan rings is 1. The first-order valence-electron chi connectivity index (χ1n) is 4.21. The third-order valence-electron chi connectivity index (χ3n) is 1.82. The summed E-state index contributed by atoms with van der Waals surface area (Å²) in [6.07, 6.45) is -0.328. The van der Waals surface area contributed by atoms with Crippen molar-refractivity contribution >= 4 is 0 Å². The monoisotopic (exact) mass is 184 g/mol. The van der Waals surface area contributed by atoms with Crippen LogP contribution in [0.15, 0.2) is 16.5 Å². The van der Waals surface area contributed by atoms with Crippen molar-refractivity contribution in [3.63, 3.8) is 0 Å². The fraction of sp³-hybridized carbons (Fsp3) is 0.556. The van der Waals surface area contributed by atoms with E-state index >= 15 is 0 Å². The van der Waals surface area contributed by atoms with Crippen LogP contribution in [0.25, 0.3) is 0 Å². The minimum absolute atomic E-state index is 0.328. The molecule has 1 fully saturated rings. The largest absolute Gasteiger partial charge is 0.458 e. The standard InChI is InChI=1S/C9H12O4/c1-10-6-7-2-3-8(13-7)9-11-4-5-12-9/h2-3,9H,4-6H2,1H3. The Balaban J connectivity index is 2.03. The van der Waals surface area contributed by atoms with E-state index in [4.69, 9.17) is 18.6 Å². The van der Waals surface area contributed by atoms with Crippen molar-refractivity contribution in [3.8, 4) is 0 Å². The molecule has 72 valence electrons. The van der Waals surface area contributed by atoms with E-state index < -0.39 is 0 Å². The zero-order chi connectivity index (χ0) is 9.10. The molecule has 0 bridgehead atoms. The van der Waals surface area contributed by atoms with Crippen molar-refractivity contribution in [1.82, 2.24) is 0 Å². The van der Waals surface area contributed by atoms with Crippen LogP contribution in [0.5, 0.6) is 0 Å². The lowest BCUT2D eigenvalue weighted by Gasteiger charge is -2.04. The van der Waals surface area contributed by atoms with E-state index in [-0.39, 0.29) is 6.29 Å². The first-order valence-corrected chi connectivity index (χ1v) is 4.21. The molecule has 1 saturated heterocycles. The SMILES string of the molecule is COCc1ccc(C2OCCO2)o1. The average Bonchev–Trinajstić information content (AvgIpc) is 2.70. The normalized spacial score (nSPS) is 18.2. The van der Waals surface area contributed by atoms with Gasteiger partial charge in [0.15, 0.2) is 5.76 Å². The Morgan fingerprint density at radius 2 is 2.15 bits per heavy atom. The first-order chi connectivity index (χ1) is 6.40. The molecule has 0 N–H and O–H groups in total. The zero-order valence-electron chi connectivity index (χ0n) is 7.49. The van der Waals surface area contributed by atoms with Gasteiger partial charge in [0.2, 0.25) is 6.29 Å². The summed E-state index contributed by atoms with van der Waals surface area (Å²) in [6, 6.07) is 3.72. The molecule has 0 unspecified atom stereocenters. The van der Waals surface area contributed by atoms with Gasteiger partial charge in [-0.15, -0.1) is 0 Å². The highest BCUT2D eigenvalue weighted by molar-refractivity contribution is 5.07. The Labute approximate surface area is 76.4 Å². The van der Waals surface area contributed by atoms with Gasteiger partial charge in [-0.25, -0.2) is 0 Å². The van der Waals surface area contributed by atoms with Gasteiger partial charge in [-0.05, 0) is 12.1 Å². The topological polar surface area (TPSA) is 40.8 Å². The van der Waals surface area contributed by atoms with E-state index in [1.807, 2.05) is 12.1 Å². The molecule has 1 aliphatic rings. The van der Waals surface area contributed by atoms with Crippen LogP contribution in [0, 0.1) is 0 Å². The average molecular weight is 184 g/mol. The highest BCUT2D eigenvalue weighted by Crippen LogP contribution is 2.24. The second-order valence-electron chi connectivity index (χ2n) is 2.81. The predicted molar refractivity (Wildman–Crippen MR) is 44.1 cm³/mol. The van der Waals surface area contributed by atoms with Gasteiger partial charge in [0.05, 0.1) is 13.2 Å². The number of methoxy groups -OCH3 is 1. The molecule has 0 radical (unpaired) electrons. The minimum atomic E-state index is -0.328. The molecular weight excluding hydrogens is 172 g/mol. The molecule has 0 aliphatic carbocycles. The summed E-state index contributed by atoms with van der Waals surface area (Å²) in [5.74, 6) is 1.50. The lowest BCUT2D eigenvalue weighted by atomic mass is 10.4. The molecule has 2 rings (SSSR count). The highest BCUT2D eigenvalue weighted by Gasteiger charge is 2.21. The molecule has 4 nitrogen and oxygen atoms in total. The van der Waals surface area contributed by atoms with Crippen molar-refractivity contribution in [2.45, 2.75) is 12.9 Å². The Hall–Kier alpha value is -0.840. The van der Waals surface area contributed by atoms with Crippen LogP contribution in [0.3, 0.4) is 0 Å². The molecular formula is C9H12O4. The third-order valence-corrected chi connectivity index (χ3v) is 1.82. The fourth-order valence-electron chi connectivity index (χ4n) is 1.26. The second kappa shape index (κ2) is 3.91. The molecule has 0 atom stereocenters. The summed E-state index contributed by atoms with van der Waals surface area (Å²) in [5, 5.41) is 0. The second-order valence-corrected chi connectivity index (χ2v) is 2.81. The molecule has 0 saturated carbocycles.